The molecule has 20 heavy (non-hydrogen) atoms. The molecule has 1 unspecified atom stereocenters. The van der Waals surface area contributed by atoms with Gasteiger partial charge >= 0.3 is 0 Å². The van der Waals surface area contributed by atoms with Crippen LogP contribution in [0.15, 0.2) is 36.7 Å². The Hall–Kier alpha value is -1.87. The number of nitrogens with zero attached hydrogens (tertiary/aromatic N) is 2. The van der Waals surface area contributed by atoms with E-state index >= 15 is 0 Å². The van der Waals surface area contributed by atoms with Crippen LogP contribution >= 0.6 is 0 Å². The van der Waals surface area contributed by atoms with Crippen molar-refractivity contribution < 1.29 is 0 Å². The van der Waals surface area contributed by atoms with Gasteiger partial charge in [-0.25, -0.2) is 0 Å². The third-order valence-electron chi connectivity index (χ3n) is 4.25. The molecule has 2 aromatic heterocycles. The zero-order chi connectivity index (χ0) is 14.1. The number of rotatable bonds is 4. The van der Waals surface area contributed by atoms with Gasteiger partial charge in [-0.15, -0.1) is 0 Å². The van der Waals surface area contributed by atoms with Gasteiger partial charge in [-0.2, -0.15) is 0 Å². The van der Waals surface area contributed by atoms with Crippen LogP contribution in [0, 0.1) is 0 Å². The largest absolute Gasteiger partial charge is 0.344 e. The van der Waals surface area contributed by atoms with Gasteiger partial charge in [-0.3, -0.25) is 4.98 Å². The number of hydrogen-bond donors (Lipinski definition) is 1. The molecule has 3 rings (SSSR count). The normalized spacial score (nSPS) is 13.2. The van der Waals surface area contributed by atoms with E-state index in [1.807, 2.05) is 19.4 Å². The number of nitrogens with one attached hydrogen (secondary N) is 1. The van der Waals surface area contributed by atoms with Crippen LogP contribution < -0.4 is 5.32 Å². The van der Waals surface area contributed by atoms with Crippen molar-refractivity contribution in [3.63, 3.8) is 0 Å². The van der Waals surface area contributed by atoms with Crippen LogP contribution in [-0.2, 0) is 7.05 Å². The van der Waals surface area contributed by atoms with E-state index in [-0.39, 0.29) is 0 Å². The Morgan fingerprint density at radius 1 is 1.20 bits per heavy atom. The maximum absolute atomic E-state index is 4.28. The molecule has 0 amide bonds. The first-order valence-electron chi connectivity index (χ1n) is 7.23. The Morgan fingerprint density at radius 2 is 2.00 bits per heavy atom. The maximum Gasteiger partial charge on any atom is 0.0519 e. The molecule has 0 saturated heterocycles. The quantitative estimate of drug-likeness (QED) is 0.784. The second-order valence-electron chi connectivity index (χ2n) is 5.39. The minimum atomic E-state index is 0.566. The Bertz CT molecular complexity index is 742. The van der Waals surface area contributed by atoms with Gasteiger partial charge in [0.25, 0.3) is 0 Å². The summed E-state index contributed by atoms with van der Waals surface area (Å²) in [5.74, 6) is 0.566. The highest BCUT2D eigenvalue weighted by Crippen LogP contribution is 2.30. The molecule has 0 saturated carbocycles. The monoisotopic (exact) mass is 267 g/mol. The molecule has 0 spiro atoms. The predicted octanol–water partition coefficient (Wildman–Crippen LogP) is 3.44. The van der Waals surface area contributed by atoms with Crippen molar-refractivity contribution >= 4 is 21.8 Å². The van der Waals surface area contributed by atoms with Crippen LogP contribution in [0.3, 0.4) is 0 Å². The van der Waals surface area contributed by atoms with Gasteiger partial charge in [-0.05, 0) is 43.1 Å². The number of pyridine rings is 1. The molecule has 1 N–H and O–H groups in total. The highest BCUT2D eigenvalue weighted by Gasteiger charge is 2.12. The van der Waals surface area contributed by atoms with E-state index in [1.54, 1.807) is 0 Å². The maximum atomic E-state index is 4.28. The average molecular weight is 267 g/mol. The predicted molar refractivity (Wildman–Crippen MR) is 85.2 cm³/mol. The van der Waals surface area contributed by atoms with Crippen LogP contribution in [0.4, 0.5) is 0 Å². The number of likely N-dealkylation sites (N-methyl/N-ethyl adjacent to an activating group) is 1. The van der Waals surface area contributed by atoms with E-state index in [2.05, 4.69) is 53.1 Å². The van der Waals surface area contributed by atoms with E-state index in [0.29, 0.717) is 5.92 Å². The van der Waals surface area contributed by atoms with Crippen molar-refractivity contribution in [2.45, 2.75) is 19.3 Å². The summed E-state index contributed by atoms with van der Waals surface area (Å²) in [5.41, 5.74) is 3.93. The first-order valence-corrected chi connectivity index (χ1v) is 7.23. The van der Waals surface area contributed by atoms with E-state index < -0.39 is 0 Å². The Kier molecular flexibility index (Phi) is 3.45. The van der Waals surface area contributed by atoms with Gasteiger partial charge in [0, 0.05) is 42.3 Å². The molecule has 3 aromatic rings. The Balaban J connectivity index is 2.22. The lowest BCUT2D eigenvalue weighted by Crippen LogP contribution is -2.16. The van der Waals surface area contributed by atoms with Crippen LogP contribution in [0.5, 0.6) is 0 Å². The zero-order valence-corrected chi connectivity index (χ0v) is 12.4. The number of aromatic nitrogens is 2. The van der Waals surface area contributed by atoms with Crippen molar-refractivity contribution in [2.24, 2.45) is 7.05 Å². The highest BCUT2D eigenvalue weighted by molar-refractivity contribution is 6.07. The second kappa shape index (κ2) is 5.25. The molecule has 3 nitrogen and oxygen atoms in total. The number of benzene rings is 1. The third-order valence-corrected chi connectivity index (χ3v) is 4.25. The smallest absolute Gasteiger partial charge is 0.0519 e. The van der Waals surface area contributed by atoms with E-state index in [9.17, 15) is 0 Å². The van der Waals surface area contributed by atoms with Crippen LogP contribution in [0.2, 0.25) is 0 Å². The summed E-state index contributed by atoms with van der Waals surface area (Å²) in [4.78, 5) is 4.28. The highest BCUT2D eigenvalue weighted by atomic mass is 14.9. The summed E-state index contributed by atoms with van der Waals surface area (Å²) >= 11 is 0. The summed E-state index contributed by atoms with van der Waals surface area (Å²) in [5, 5.41) is 5.84. The number of aryl methyl sites for hydroxylation is 1. The summed E-state index contributed by atoms with van der Waals surface area (Å²) in [6, 6.07) is 8.92. The molecular formula is C17H21N3. The summed E-state index contributed by atoms with van der Waals surface area (Å²) in [6.07, 6.45) is 4.98. The molecule has 3 heteroatoms. The van der Waals surface area contributed by atoms with Gasteiger partial charge in [-0.1, -0.05) is 13.0 Å². The standard InChI is InChI=1S/C17H21N3/c1-4-12(10-18-2)13-5-6-16-14(9-13)15-11-19-8-7-17(15)20(16)3/h5-9,11-12,18H,4,10H2,1-3H3. The fraction of sp³-hybridized carbons (Fsp3) is 0.353. The molecule has 0 radical (unpaired) electrons. The molecule has 0 bridgehead atoms. The van der Waals surface area contributed by atoms with E-state index in [1.165, 1.54) is 27.4 Å². The number of fused-ring (bicyclic) bond motifs is 3. The van der Waals surface area contributed by atoms with Crippen molar-refractivity contribution in [3.05, 3.63) is 42.2 Å². The van der Waals surface area contributed by atoms with Gasteiger partial charge in [0.1, 0.15) is 0 Å². The van der Waals surface area contributed by atoms with Crippen molar-refractivity contribution in [3.8, 4) is 0 Å². The van der Waals surface area contributed by atoms with Crippen molar-refractivity contribution in [1.29, 1.82) is 0 Å². The Labute approximate surface area is 119 Å². The first kappa shape index (κ1) is 13.1. The second-order valence-corrected chi connectivity index (χ2v) is 5.39. The molecule has 2 heterocycles. The minimum Gasteiger partial charge on any atom is -0.344 e. The third kappa shape index (κ3) is 1.98. The fourth-order valence-corrected chi connectivity index (χ4v) is 3.08. The number of hydrogen-bond acceptors (Lipinski definition) is 2. The van der Waals surface area contributed by atoms with Crippen LogP contribution in [-0.4, -0.2) is 23.1 Å². The molecule has 0 aliphatic heterocycles. The topological polar surface area (TPSA) is 29.9 Å². The van der Waals surface area contributed by atoms with E-state index in [0.717, 1.165) is 13.0 Å². The molecule has 0 fully saturated rings. The molecular weight excluding hydrogens is 246 g/mol. The SMILES string of the molecule is CCC(CNC)c1ccc2c(c1)c1cnccc1n2C. The zero-order valence-electron chi connectivity index (χ0n) is 12.4. The lowest BCUT2D eigenvalue weighted by molar-refractivity contribution is 0.612. The fourth-order valence-electron chi connectivity index (χ4n) is 3.08. The summed E-state index contributed by atoms with van der Waals surface area (Å²) in [6.45, 7) is 3.27. The van der Waals surface area contributed by atoms with Crippen LogP contribution in [0.1, 0.15) is 24.8 Å². The van der Waals surface area contributed by atoms with Gasteiger partial charge < -0.3 is 9.88 Å². The molecule has 1 atom stereocenters. The molecule has 0 aliphatic carbocycles. The van der Waals surface area contributed by atoms with Gasteiger partial charge in [0.05, 0.1) is 5.52 Å². The Morgan fingerprint density at radius 3 is 2.75 bits per heavy atom. The first-order chi connectivity index (χ1) is 9.76. The minimum absolute atomic E-state index is 0.566. The average Bonchev–Trinajstić information content (AvgIpc) is 2.78. The lowest BCUT2D eigenvalue weighted by atomic mass is 9.95. The van der Waals surface area contributed by atoms with Crippen molar-refractivity contribution in [1.82, 2.24) is 14.9 Å². The molecule has 0 aliphatic rings. The summed E-state index contributed by atoms with van der Waals surface area (Å²) < 4.78 is 2.25. The summed E-state index contributed by atoms with van der Waals surface area (Å²) in [7, 11) is 4.14. The van der Waals surface area contributed by atoms with E-state index in [4.69, 9.17) is 0 Å². The van der Waals surface area contributed by atoms with Crippen LogP contribution in [0.25, 0.3) is 21.8 Å². The molecule has 1 aromatic carbocycles. The lowest BCUT2D eigenvalue weighted by Gasteiger charge is -2.15. The molecule has 104 valence electrons. The van der Waals surface area contributed by atoms with Crippen molar-refractivity contribution in [2.75, 3.05) is 13.6 Å². The van der Waals surface area contributed by atoms with Gasteiger partial charge in [0.15, 0.2) is 0 Å². The van der Waals surface area contributed by atoms with Gasteiger partial charge in [0.2, 0.25) is 0 Å².